The Hall–Kier alpha value is -2.88. The number of benzene rings is 2. The Morgan fingerprint density at radius 2 is 1.65 bits per heavy atom. The molecule has 0 aliphatic rings. The van der Waals surface area contributed by atoms with Crippen molar-refractivity contribution >= 4 is 34.8 Å². The summed E-state index contributed by atoms with van der Waals surface area (Å²) in [6, 6.07) is 16.1. The van der Waals surface area contributed by atoms with E-state index in [-0.39, 0.29) is 24.9 Å². The SMILES string of the molecule is CN(CC(=O)Nc1ccc(CC#N)cc1)CC(=O)Nc1ccccc1Cl. The van der Waals surface area contributed by atoms with Gasteiger partial charge < -0.3 is 10.6 Å². The summed E-state index contributed by atoms with van der Waals surface area (Å²) in [5.74, 6) is -0.486. The Balaban J connectivity index is 1.80. The summed E-state index contributed by atoms with van der Waals surface area (Å²) < 4.78 is 0. The minimum absolute atomic E-state index is 0.0553. The molecule has 0 saturated heterocycles. The van der Waals surface area contributed by atoms with Gasteiger partial charge in [0, 0.05) is 5.69 Å². The zero-order valence-electron chi connectivity index (χ0n) is 14.3. The van der Waals surface area contributed by atoms with Crippen LogP contribution in [0.4, 0.5) is 11.4 Å². The summed E-state index contributed by atoms with van der Waals surface area (Å²) in [4.78, 5) is 25.7. The van der Waals surface area contributed by atoms with E-state index in [1.807, 2.05) is 0 Å². The monoisotopic (exact) mass is 370 g/mol. The maximum absolute atomic E-state index is 12.1. The van der Waals surface area contributed by atoms with Crippen LogP contribution in [0.15, 0.2) is 48.5 Å². The number of anilines is 2. The fraction of sp³-hybridized carbons (Fsp3) is 0.211. The van der Waals surface area contributed by atoms with Crippen LogP contribution in [0.5, 0.6) is 0 Å². The number of nitrogens with zero attached hydrogens (tertiary/aromatic N) is 2. The van der Waals surface area contributed by atoms with Crippen molar-refractivity contribution in [2.75, 3.05) is 30.8 Å². The fourth-order valence-corrected chi connectivity index (χ4v) is 2.48. The maximum atomic E-state index is 12.1. The third kappa shape index (κ3) is 6.20. The van der Waals surface area contributed by atoms with Crippen molar-refractivity contribution in [3.8, 4) is 6.07 Å². The highest BCUT2D eigenvalue weighted by atomic mass is 35.5. The second-order valence-electron chi connectivity index (χ2n) is 5.78. The number of carbonyl (C=O) groups excluding carboxylic acids is 2. The molecule has 0 spiro atoms. The second kappa shape index (κ2) is 9.56. The van der Waals surface area contributed by atoms with Crippen LogP contribution in [-0.4, -0.2) is 36.9 Å². The zero-order chi connectivity index (χ0) is 18.9. The predicted molar refractivity (Wildman–Crippen MR) is 102 cm³/mol. The number of nitrogens with one attached hydrogen (secondary N) is 2. The maximum Gasteiger partial charge on any atom is 0.238 e. The Bertz CT molecular complexity index is 815. The van der Waals surface area contributed by atoms with Gasteiger partial charge in [-0.1, -0.05) is 35.9 Å². The molecule has 0 bridgehead atoms. The zero-order valence-corrected chi connectivity index (χ0v) is 15.1. The molecule has 0 aromatic heterocycles. The summed E-state index contributed by atoms with van der Waals surface area (Å²) in [7, 11) is 1.68. The van der Waals surface area contributed by atoms with Crippen molar-refractivity contribution in [1.82, 2.24) is 4.90 Å². The van der Waals surface area contributed by atoms with Crippen LogP contribution in [-0.2, 0) is 16.0 Å². The Kier molecular flexibility index (Phi) is 7.15. The van der Waals surface area contributed by atoms with Gasteiger partial charge in [-0.05, 0) is 36.9 Å². The smallest absolute Gasteiger partial charge is 0.238 e. The minimum atomic E-state index is -0.255. The number of rotatable bonds is 7. The number of nitriles is 1. The molecule has 134 valence electrons. The normalized spacial score (nSPS) is 10.2. The number of likely N-dealkylation sites (N-methyl/N-ethyl adjacent to an activating group) is 1. The number of hydrogen-bond acceptors (Lipinski definition) is 4. The topological polar surface area (TPSA) is 85.2 Å². The van der Waals surface area contributed by atoms with E-state index < -0.39 is 0 Å². The van der Waals surface area contributed by atoms with Crippen LogP contribution < -0.4 is 10.6 Å². The quantitative estimate of drug-likeness (QED) is 0.784. The molecule has 0 saturated carbocycles. The number of amides is 2. The number of para-hydroxylation sites is 1. The van der Waals surface area contributed by atoms with Gasteiger partial charge in [-0.15, -0.1) is 0 Å². The largest absolute Gasteiger partial charge is 0.325 e. The van der Waals surface area contributed by atoms with Crippen molar-refractivity contribution in [2.24, 2.45) is 0 Å². The van der Waals surface area contributed by atoms with Gasteiger partial charge in [0.1, 0.15) is 0 Å². The van der Waals surface area contributed by atoms with E-state index in [0.717, 1.165) is 5.56 Å². The van der Waals surface area contributed by atoms with Crippen molar-refractivity contribution in [3.05, 3.63) is 59.1 Å². The Morgan fingerprint density at radius 3 is 2.27 bits per heavy atom. The standard InChI is InChI=1S/C19H19ClN4O2/c1-24(13-19(26)23-17-5-3-2-4-16(17)20)12-18(25)22-15-8-6-14(7-9-15)10-11-21/h2-9H,10,12-13H2,1H3,(H,22,25)(H,23,26). The van der Waals surface area contributed by atoms with E-state index in [4.69, 9.17) is 16.9 Å². The van der Waals surface area contributed by atoms with Crippen LogP contribution in [0.3, 0.4) is 0 Å². The van der Waals surface area contributed by atoms with Gasteiger partial charge in [0.05, 0.1) is 36.3 Å². The fourth-order valence-electron chi connectivity index (χ4n) is 2.30. The summed E-state index contributed by atoms with van der Waals surface area (Å²) in [6.45, 7) is 0.121. The third-order valence-corrected chi connectivity index (χ3v) is 3.83. The number of carbonyl (C=O) groups is 2. The first kappa shape index (κ1) is 19.4. The molecule has 0 fully saturated rings. The predicted octanol–water partition coefficient (Wildman–Crippen LogP) is 2.92. The average Bonchev–Trinajstić information content (AvgIpc) is 2.58. The molecule has 7 heteroatoms. The molecule has 2 N–H and O–H groups in total. The van der Waals surface area contributed by atoms with E-state index >= 15 is 0 Å². The second-order valence-corrected chi connectivity index (χ2v) is 6.19. The van der Waals surface area contributed by atoms with Crippen molar-refractivity contribution in [1.29, 1.82) is 5.26 Å². The third-order valence-electron chi connectivity index (χ3n) is 3.50. The van der Waals surface area contributed by atoms with Crippen molar-refractivity contribution < 1.29 is 9.59 Å². The first-order chi connectivity index (χ1) is 12.5. The van der Waals surface area contributed by atoms with Crippen LogP contribution in [0.25, 0.3) is 0 Å². The van der Waals surface area contributed by atoms with Crippen LogP contribution >= 0.6 is 11.6 Å². The highest BCUT2D eigenvalue weighted by Gasteiger charge is 2.12. The van der Waals surface area contributed by atoms with Crippen LogP contribution in [0.2, 0.25) is 5.02 Å². The average molecular weight is 371 g/mol. The van der Waals surface area contributed by atoms with E-state index in [2.05, 4.69) is 16.7 Å². The van der Waals surface area contributed by atoms with E-state index in [1.54, 1.807) is 60.5 Å². The lowest BCUT2D eigenvalue weighted by Crippen LogP contribution is -2.36. The summed E-state index contributed by atoms with van der Waals surface area (Å²) in [5, 5.41) is 14.6. The van der Waals surface area contributed by atoms with E-state index in [0.29, 0.717) is 22.8 Å². The Labute approximate surface area is 157 Å². The molecule has 0 aliphatic carbocycles. The molecule has 2 aromatic carbocycles. The number of halogens is 1. The first-order valence-corrected chi connectivity index (χ1v) is 8.34. The van der Waals surface area contributed by atoms with Gasteiger partial charge in [0.25, 0.3) is 0 Å². The van der Waals surface area contributed by atoms with Gasteiger partial charge in [-0.25, -0.2) is 0 Å². The van der Waals surface area contributed by atoms with Gasteiger partial charge in [0.15, 0.2) is 0 Å². The Morgan fingerprint density at radius 1 is 1.04 bits per heavy atom. The van der Waals surface area contributed by atoms with Gasteiger partial charge in [-0.2, -0.15) is 5.26 Å². The molecule has 6 nitrogen and oxygen atoms in total. The molecule has 0 radical (unpaired) electrons. The van der Waals surface area contributed by atoms with E-state index in [9.17, 15) is 9.59 Å². The van der Waals surface area contributed by atoms with Crippen molar-refractivity contribution in [2.45, 2.75) is 6.42 Å². The molecule has 2 amide bonds. The molecule has 2 rings (SSSR count). The van der Waals surface area contributed by atoms with Crippen LogP contribution in [0.1, 0.15) is 5.56 Å². The molecule has 0 atom stereocenters. The summed E-state index contributed by atoms with van der Waals surface area (Å²) >= 11 is 6.00. The lowest BCUT2D eigenvalue weighted by Gasteiger charge is -2.16. The highest BCUT2D eigenvalue weighted by Crippen LogP contribution is 2.20. The molecule has 0 heterocycles. The van der Waals surface area contributed by atoms with Crippen LogP contribution in [0, 0.1) is 11.3 Å². The summed E-state index contributed by atoms with van der Waals surface area (Å²) in [5.41, 5.74) is 2.07. The van der Waals surface area contributed by atoms with Gasteiger partial charge in [-0.3, -0.25) is 14.5 Å². The van der Waals surface area contributed by atoms with Gasteiger partial charge >= 0.3 is 0 Å². The first-order valence-electron chi connectivity index (χ1n) is 7.96. The lowest BCUT2D eigenvalue weighted by molar-refractivity contribution is -0.119. The molecular formula is C19H19ClN4O2. The molecular weight excluding hydrogens is 352 g/mol. The molecule has 0 aliphatic heterocycles. The summed E-state index contributed by atoms with van der Waals surface area (Å²) in [6.07, 6.45) is 0.331. The minimum Gasteiger partial charge on any atom is -0.325 e. The highest BCUT2D eigenvalue weighted by molar-refractivity contribution is 6.33. The van der Waals surface area contributed by atoms with Gasteiger partial charge in [0.2, 0.25) is 11.8 Å². The lowest BCUT2D eigenvalue weighted by atomic mass is 10.1. The van der Waals surface area contributed by atoms with E-state index in [1.165, 1.54) is 0 Å². The molecule has 2 aromatic rings. The van der Waals surface area contributed by atoms with Crippen molar-refractivity contribution in [3.63, 3.8) is 0 Å². The number of hydrogen-bond donors (Lipinski definition) is 2. The molecule has 0 unspecified atom stereocenters. The molecule has 26 heavy (non-hydrogen) atoms.